The molecule has 0 aromatic heterocycles. The van der Waals surface area contributed by atoms with Crippen LogP contribution in [0.5, 0.6) is 0 Å². The van der Waals surface area contributed by atoms with E-state index in [0.29, 0.717) is 11.1 Å². The monoisotopic (exact) mass is 318 g/mol. The van der Waals surface area contributed by atoms with Gasteiger partial charge in [-0.15, -0.1) is 0 Å². The lowest BCUT2D eigenvalue weighted by Gasteiger charge is -1.98. The summed E-state index contributed by atoms with van der Waals surface area (Å²) in [5, 5.41) is 18.1. The number of aryl methyl sites for hydroxylation is 2. The minimum Gasteiger partial charge on any atom is -0.478 e. The first kappa shape index (κ1) is 16.9. The van der Waals surface area contributed by atoms with E-state index >= 15 is 0 Å². The van der Waals surface area contributed by atoms with Crippen LogP contribution in [-0.4, -0.2) is 22.2 Å². The third kappa shape index (κ3) is 4.50. The quantitative estimate of drug-likeness (QED) is 0.834. The molecule has 2 aromatic carbocycles. The van der Waals surface area contributed by atoms with Crippen LogP contribution in [0.4, 0.5) is 0 Å². The molecule has 0 saturated carbocycles. The summed E-state index contributed by atoms with van der Waals surface area (Å²) in [4.78, 5) is 22.0. The Morgan fingerprint density at radius 2 is 1.08 bits per heavy atom. The number of rotatable bonds is 2. The summed E-state index contributed by atoms with van der Waals surface area (Å²) in [7, 11) is 0. The molecule has 0 spiro atoms. The number of benzene rings is 2. The molecule has 0 unspecified atom stereocenters. The van der Waals surface area contributed by atoms with Crippen LogP contribution in [0.25, 0.3) is 0 Å². The molecule has 2 rings (SSSR count). The molecule has 118 valence electrons. The van der Waals surface area contributed by atoms with E-state index in [2.05, 4.69) is 23.7 Å². The number of carboxylic acids is 2. The lowest BCUT2D eigenvalue weighted by molar-refractivity contribution is 0.0686. The molecule has 0 saturated heterocycles. The topological polar surface area (TPSA) is 74.6 Å². The highest BCUT2D eigenvalue weighted by Gasteiger charge is 2.04. The third-order valence-electron chi connectivity index (χ3n) is 3.12. The van der Waals surface area contributed by atoms with E-state index in [4.69, 9.17) is 10.2 Å². The zero-order valence-corrected chi connectivity index (χ0v) is 13.2. The minimum absolute atomic E-state index is 0.178. The number of aromatic carboxylic acids is 2. The van der Waals surface area contributed by atoms with Crippen LogP contribution in [0.3, 0.4) is 0 Å². The standard InChI is InChI=1S/C20H14O4/c1-13-7-15(11-17(9-13)19(21)22)5-3-4-6-16-8-14(2)10-18(12-16)20(23)24/h7-12H,1-2H3,(H,21,22)(H,23,24). The fraction of sp³-hybridized carbons (Fsp3) is 0.100. The summed E-state index contributed by atoms with van der Waals surface area (Å²) < 4.78 is 0. The first-order valence-corrected chi connectivity index (χ1v) is 7.07. The molecule has 0 bridgehead atoms. The van der Waals surface area contributed by atoms with Crippen molar-refractivity contribution in [2.45, 2.75) is 13.8 Å². The summed E-state index contributed by atoms with van der Waals surface area (Å²) in [6, 6.07) is 9.66. The van der Waals surface area contributed by atoms with E-state index < -0.39 is 11.9 Å². The Morgan fingerprint density at radius 3 is 1.42 bits per heavy atom. The van der Waals surface area contributed by atoms with Crippen LogP contribution >= 0.6 is 0 Å². The van der Waals surface area contributed by atoms with E-state index in [1.54, 1.807) is 38.1 Å². The fourth-order valence-electron chi connectivity index (χ4n) is 2.16. The van der Waals surface area contributed by atoms with Gasteiger partial charge in [-0.1, -0.05) is 11.8 Å². The Bertz CT molecular complexity index is 868. The lowest BCUT2D eigenvalue weighted by atomic mass is 10.1. The van der Waals surface area contributed by atoms with Gasteiger partial charge in [-0.2, -0.15) is 0 Å². The highest BCUT2D eigenvalue weighted by atomic mass is 16.4. The Labute approximate surface area is 139 Å². The van der Waals surface area contributed by atoms with Crippen molar-refractivity contribution >= 4 is 11.9 Å². The molecular formula is C20H14O4. The highest BCUT2D eigenvalue weighted by Crippen LogP contribution is 2.10. The molecule has 0 fully saturated rings. The largest absolute Gasteiger partial charge is 0.478 e. The number of carbonyl (C=O) groups is 2. The van der Waals surface area contributed by atoms with E-state index in [1.165, 1.54) is 12.1 Å². The second-order valence-corrected chi connectivity index (χ2v) is 5.29. The number of hydrogen-bond acceptors (Lipinski definition) is 2. The van der Waals surface area contributed by atoms with Crippen LogP contribution in [0, 0.1) is 37.5 Å². The van der Waals surface area contributed by atoms with Gasteiger partial charge in [0.15, 0.2) is 0 Å². The zero-order chi connectivity index (χ0) is 17.7. The van der Waals surface area contributed by atoms with Crippen LogP contribution in [0.15, 0.2) is 36.4 Å². The van der Waals surface area contributed by atoms with Gasteiger partial charge >= 0.3 is 11.9 Å². The maximum atomic E-state index is 11.0. The van der Waals surface area contributed by atoms with E-state index in [0.717, 1.165) is 11.1 Å². The molecule has 4 nitrogen and oxygen atoms in total. The molecule has 4 heteroatoms. The Balaban J connectivity index is 2.28. The second kappa shape index (κ2) is 7.17. The van der Waals surface area contributed by atoms with Gasteiger partial charge in [0.05, 0.1) is 11.1 Å². The lowest BCUT2D eigenvalue weighted by Crippen LogP contribution is -1.97. The summed E-state index contributed by atoms with van der Waals surface area (Å²) >= 11 is 0. The van der Waals surface area contributed by atoms with E-state index in [1.807, 2.05) is 0 Å². The summed E-state index contributed by atoms with van der Waals surface area (Å²) in [6.07, 6.45) is 0. The van der Waals surface area contributed by atoms with Gasteiger partial charge in [-0.3, -0.25) is 0 Å². The SMILES string of the molecule is Cc1cc(C#CC#Cc2cc(C)cc(C(=O)O)c2)cc(C(=O)O)c1. The summed E-state index contributed by atoms with van der Waals surface area (Å²) in [5.41, 5.74) is 3.09. The first-order chi connectivity index (χ1) is 11.3. The Morgan fingerprint density at radius 1 is 0.708 bits per heavy atom. The van der Waals surface area contributed by atoms with Crippen LogP contribution in [-0.2, 0) is 0 Å². The normalized spacial score (nSPS) is 9.25. The van der Waals surface area contributed by atoms with Gasteiger partial charge in [0.25, 0.3) is 0 Å². The molecule has 0 atom stereocenters. The molecule has 0 aliphatic heterocycles. The molecule has 2 aromatic rings. The van der Waals surface area contributed by atoms with Crippen LogP contribution in [0.2, 0.25) is 0 Å². The maximum Gasteiger partial charge on any atom is 0.335 e. The predicted octanol–water partition coefficient (Wildman–Crippen LogP) is 3.10. The molecule has 2 N–H and O–H groups in total. The number of hydrogen-bond donors (Lipinski definition) is 2. The molecule has 24 heavy (non-hydrogen) atoms. The second-order valence-electron chi connectivity index (χ2n) is 5.29. The van der Waals surface area contributed by atoms with Gasteiger partial charge < -0.3 is 10.2 Å². The van der Waals surface area contributed by atoms with Crippen molar-refractivity contribution in [1.29, 1.82) is 0 Å². The van der Waals surface area contributed by atoms with Gasteiger partial charge in [0.2, 0.25) is 0 Å². The zero-order valence-electron chi connectivity index (χ0n) is 13.2. The van der Waals surface area contributed by atoms with Crippen molar-refractivity contribution < 1.29 is 19.8 Å². The van der Waals surface area contributed by atoms with Gasteiger partial charge in [-0.05, 0) is 73.2 Å². The van der Waals surface area contributed by atoms with E-state index in [9.17, 15) is 9.59 Å². The molecule has 0 radical (unpaired) electrons. The summed E-state index contributed by atoms with van der Waals surface area (Å²) in [6.45, 7) is 3.59. The van der Waals surface area contributed by atoms with Crippen molar-refractivity contribution in [3.05, 3.63) is 69.8 Å². The predicted molar refractivity (Wildman–Crippen MR) is 90.0 cm³/mol. The van der Waals surface area contributed by atoms with Crippen molar-refractivity contribution in [1.82, 2.24) is 0 Å². The molecule has 0 heterocycles. The maximum absolute atomic E-state index is 11.0. The molecular weight excluding hydrogens is 304 g/mol. The smallest absolute Gasteiger partial charge is 0.335 e. The van der Waals surface area contributed by atoms with Gasteiger partial charge in [0, 0.05) is 11.1 Å². The van der Waals surface area contributed by atoms with Crippen molar-refractivity contribution in [2.75, 3.05) is 0 Å². The molecule has 0 amide bonds. The fourth-order valence-corrected chi connectivity index (χ4v) is 2.16. The average Bonchev–Trinajstić information content (AvgIpc) is 2.50. The minimum atomic E-state index is -1.01. The first-order valence-electron chi connectivity index (χ1n) is 7.07. The third-order valence-corrected chi connectivity index (χ3v) is 3.12. The molecule has 0 aliphatic carbocycles. The van der Waals surface area contributed by atoms with Crippen molar-refractivity contribution in [2.24, 2.45) is 0 Å². The molecule has 0 aliphatic rings. The van der Waals surface area contributed by atoms with Gasteiger partial charge in [0.1, 0.15) is 0 Å². The average molecular weight is 318 g/mol. The Kier molecular flexibility index (Phi) is 5.04. The van der Waals surface area contributed by atoms with Crippen LogP contribution < -0.4 is 0 Å². The Hall–Kier alpha value is -3.50. The van der Waals surface area contributed by atoms with E-state index in [-0.39, 0.29) is 11.1 Å². The van der Waals surface area contributed by atoms with Crippen molar-refractivity contribution in [3.8, 4) is 23.7 Å². The van der Waals surface area contributed by atoms with Crippen LogP contribution in [0.1, 0.15) is 43.0 Å². The van der Waals surface area contributed by atoms with Crippen molar-refractivity contribution in [3.63, 3.8) is 0 Å². The summed E-state index contributed by atoms with van der Waals surface area (Å²) in [5.74, 6) is 8.91. The van der Waals surface area contributed by atoms with Gasteiger partial charge in [-0.25, -0.2) is 9.59 Å². The number of carboxylic acid groups (broad SMARTS) is 2. The highest BCUT2D eigenvalue weighted by molar-refractivity contribution is 5.89.